The number of carbonyl (C=O) groups is 2. The van der Waals surface area contributed by atoms with Crippen LogP contribution in [0.25, 0.3) is 0 Å². The van der Waals surface area contributed by atoms with E-state index in [-0.39, 0.29) is 12.1 Å². The van der Waals surface area contributed by atoms with Gasteiger partial charge in [-0.3, -0.25) is 4.90 Å². The highest BCUT2D eigenvalue weighted by molar-refractivity contribution is 5.83. The van der Waals surface area contributed by atoms with Crippen LogP contribution >= 0.6 is 0 Å². The lowest BCUT2D eigenvalue weighted by Crippen LogP contribution is -2.47. The number of likely N-dealkylation sites (tertiary alicyclic amines) is 1. The summed E-state index contributed by atoms with van der Waals surface area (Å²) < 4.78 is 10.4. The number of nitrogens with zero attached hydrogens (tertiary/aromatic N) is 1. The molecule has 2 fully saturated rings. The minimum Gasteiger partial charge on any atom is -0.461 e. The second-order valence-corrected chi connectivity index (χ2v) is 5.27. The molecular weight excluding hydrogens is 210 g/mol. The zero-order valence-corrected chi connectivity index (χ0v) is 9.86. The first-order valence-electron chi connectivity index (χ1n) is 5.57. The number of rotatable bonds is 0. The number of hydrogen-bond acceptors (Lipinski definition) is 4. The summed E-state index contributed by atoms with van der Waals surface area (Å²) in [6, 6.07) is -0.436. The standard InChI is InChI=1S/C11H17NO4/c1-11(2,3)16-10(14)12-5-4-7-6-8(12)9(13)15-7/h7-8H,4-6H2,1-3H3/t7-,8+/m1/s1. The van der Waals surface area contributed by atoms with Crippen molar-refractivity contribution in [3.63, 3.8) is 0 Å². The van der Waals surface area contributed by atoms with Crippen molar-refractivity contribution in [1.29, 1.82) is 0 Å². The third-order valence-corrected chi connectivity index (χ3v) is 2.74. The van der Waals surface area contributed by atoms with Crippen molar-refractivity contribution in [3.8, 4) is 0 Å². The van der Waals surface area contributed by atoms with Crippen LogP contribution < -0.4 is 0 Å². The van der Waals surface area contributed by atoms with Gasteiger partial charge in [0.05, 0.1) is 0 Å². The molecule has 5 heteroatoms. The van der Waals surface area contributed by atoms with Gasteiger partial charge in [0.25, 0.3) is 0 Å². The predicted molar refractivity (Wildman–Crippen MR) is 55.8 cm³/mol. The van der Waals surface area contributed by atoms with Crippen LogP contribution in [0.2, 0.25) is 0 Å². The summed E-state index contributed by atoms with van der Waals surface area (Å²) in [4.78, 5) is 24.8. The van der Waals surface area contributed by atoms with Crippen LogP contribution in [-0.4, -0.2) is 41.3 Å². The van der Waals surface area contributed by atoms with Gasteiger partial charge in [0.1, 0.15) is 17.7 Å². The second kappa shape index (κ2) is 3.64. The highest BCUT2D eigenvalue weighted by Gasteiger charge is 2.45. The van der Waals surface area contributed by atoms with Gasteiger partial charge in [0.15, 0.2) is 0 Å². The molecule has 0 aliphatic carbocycles. The normalized spacial score (nSPS) is 28.9. The number of hydrogen-bond donors (Lipinski definition) is 0. The number of esters is 1. The average Bonchev–Trinajstić information content (AvgIpc) is 2.40. The van der Waals surface area contributed by atoms with Gasteiger partial charge in [-0.25, -0.2) is 9.59 Å². The van der Waals surface area contributed by atoms with Crippen molar-refractivity contribution < 1.29 is 19.1 Å². The first-order valence-corrected chi connectivity index (χ1v) is 5.57. The van der Waals surface area contributed by atoms with E-state index >= 15 is 0 Å². The fourth-order valence-electron chi connectivity index (χ4n) is 2.05. The summed E-state index contributed by atoms with van der Waals surface area (Å²) in [5, 5.41) is 0. The lowest BCUT2D eigenvalue weighted by atomic mass is 10.0. The van der Waals surface area contributed by atoms with E-state index in [9.17, 15) is 9.59 Å². The van der Waals surface area contributed by atoms with E-state index in [0.717, 1.165) is 0 Å². The summed E-state index contributed by atoms with van der Waals surface area (Å²) >= 11 is 0. The van der Waals surface area contributed by atoms with Crippen molar-refractivity contribution in [2.45, 2.75) is 51.4 Å². The van der Waals surface area contributed by atoms with Gasteiger partial charge in [0.2, 0.25) is 0 Å². The van der Waals surface area contributed by atoms with Gasteiger partial charge in [-0.05, 0) is 20.8 Å². The molecule has 2 atom stereocenters. The van der Waals surface area contributed by atoms with Crippen molar-refractivity contribution in [3.05, 3.63) is 0 Å². The van der Waals surface area contributed by atoms with Gasteiger partial charge in [-0.2, -0.15) is 0 Å². The van der Waals surface area contributed by atoms with Gasteiger partial charge in [-0.1, -0.05) is 0 Å². The smallest absolute Gasteiger partial charge is 0.411 e. The lowest BCUT2D eigenvalue weighted by Gasteiger charge is -2.31. The van der Waals surface area contributed by atoms with Crippen LogP contribution in [-0.2, 0) is 14.3 Å². The SMILES string of the molecule is CC(C)(C)OC(=O)N1CC[C@@H]2C[C@H]1C(=O)O2. The first-order chi connectivity index (χ1) is 7.37. The first kappa shape index (κ1) is 11.2. The zero-order chi connectivity index (χ0) is 11.9. The van der Waals surface area contributed by atoms with Gasteiger partial charge >= 0.3 is 12.1 Å². The Bertz CT molecular complexity index is 320. The van der Waals surface area contributed by atoms with Gasteiger partial charge in [0, 0.05) is 19.4 Å². The Labute approximate surface area is 94.7 Å². The molecule has 0 saturated carbocycles. The summed E-state index contributed by atoms with van der Waals surface area (Å²) in [6.07, 6.45) is 0.894. The van der Waals surface area contributed by atoms with Crippen LogP contribution in [0.1, 0.15) is 33.6 Å². The largest absolute Gasteiger partial charge is 0.461 e. The third kappa shape index (κ3) is 2.13. The number of piperidine rings is 1. The molecule has 2 heterocycles. The van der Waals surface area contributed by atoms with Gasteiger partial charge in [-0.15, -0.1) is 0 Å². The maximum Gasteiger partial charge on any atom is 0.411 e. The topological polar surface area (TPSA) is 55.8 Å². The van der Waals surface area contributed by atoms with E-state index in [1.807, 2.05) is 20.8 Å². The highest BCUT2D eigenvalue weighted by Crippen LogP contribution is 2.29. The average molecular weight is 227 g/mol. The quantitative estimate of drug-likeness (QED) is 0.585. The fourth-order valence-corrected chi connectivity index (χ4v) is 2.05. The van der Waals surface area contributed by atoms with Crippen molar-refractivity contribution in [2.75, 3.05) is 6.54 Å². The molecule has 2 aliphatic heterocycles. The Morgan fingerprint density at radius 3 is 2.81 bits per heavy atom. The van der Waals surface area contributed by atoms with E-state index in [1.165, 1.54) is 4.90 Å². The molecule has 2 saturated heterocycles. The molecule has 2 aliphatic rings. The van der Waals surface area contributed by atoms with Crippen LogP contribution in [0.15, 0.2) is 0 Å². The molecule has 2 rings (SSSR count). The molecular formula is C11H17NO4. The number of amides is 1. The molecule has 0 aromatic heterocycles. The Kier molecular flexibility index (Phi) is 2.56. The van der Waals surface area contributed by atoms with Gasteiger partial charge < -0.3 is 9.47 Å². The molecule has 90 valence electrons. The molecule has 0 N–H and O–H groups in total. The summed E-state index contributed by atoms with van der Waals surface area (Å²) in [6.45, 7) is 5.97. The van der Waals surface area contributed by atoms with Crippen molar-refractivity contribution in [1.82, 2.24) is 4.90 Å². The number of fused-ring (bicyclic) bond motifs is 2. The maximum absolute atomic E-state index is 11.8. The zero-order valence-electron chi connectivity index (χ0n) is 9.86. The van der Waals surface area contributed by atoms with Crippen molar-refractivity contribution in [2.24, 2.45) is 0 Å². The fraction of sp³-hybridized carbons (Fsp3) is 0.818. The Morgan fingerprint density at radius 2 is 2.19 bits per heavy atom. The highest BCUT2D eigenvalue weighted by atomic mass is 16.6. The lowest BCUT2D eigenvalue weighted by molar-refractivity contribution is -0.143. The molecule has 0 spiro atoms. The Hall–Kier alpha value is -1.26. The minimum atomic E-state index is -0.531. The summed E-state index contributed by atoms with van der Waals surface area (Å²) in [5.41, 5.74) is -0.531. The second-order valence-electron chi connectivity index (χ2n) is 5.27. The van der Waals surface area contributed by atoms with E-state index in [0.29, 0.717) is 19.4 Å². The van der Waals surface area contributed by atoms with Crippen LogP contribution in [0.3, 0.4) is 0 Å². The summed E-state index contributed by atoms with van der Waals surface area (Å²) in [5.74, 6) is -0.298. The van der Waals surface area contributed by atoms with Crippen LogP contribution in [0, 0.1) is 0 Å². The third-order valence-electron chi connectivity index (χ3n) is 2.74. The minimum absolute atomic E-state index is 0.00353. The molecule has 1 amide bonds. The van der Waals surface area contributed by atoms with E-state index < -0.39 is 17.7 Å². The molecule has 5 nitrogen and oxygen atoms in total. The molecule has 0 aromatic rings. The number of carbonyl (C=O) groups excluding carboxylic acids is 2. The molecule has 0 unspecified atom stereocenters. The monoisotopic (exact) mass is 227 g/mol. The van der Waals surface area contributed by atoms with Crippen molar-refractivity contribution >= 4 is 12.1 Å². The number of ether oxygens (including phenoxy) is 2. The maximum atomic E-state index is 11.8. The molecule has 2 bridgehead atoms. The van der Waals surface area contributed by atoms with E-state index in [2.05, 4.69) is 0 Å². The van der Waals surface area contributed by atoms with Crippen LogP contribution in [0.5, 0.6) is 0 Å². The molecule has 0 radical (unpaired) electrons. The van der Waals surface area contributed by atoms with E-state index in [1.54, 1.807) is 0 Å². The summed E-state index contributed by atoms with van der Waals surface area (Å²) in [7, 11) is 0. The molecule has 16 heavy (non-hydrogen) atoms. The Morgan fingerprint density at radius 1 is 1.50 bits per heavy atom. The predicted octanol–water partition coefficient (Wildman–Crippen LogP) is 1.31. The Balaban J connectivity index is 2.04. The van der Waals surface area contributed by atoms with E-state index in [4.69, 9.17) is 9.47 Å². The molecule has 0 aromatic carbocycles. The van der Waals surface area contributed by atoms with Crippen LogP contribution in [0.4, 0.5) is 4.79 Å².